The Morgan fingerprint density at radius 2 is 1.96 bits per heavy atom. The summed E-state index contributed by atoms with van der Waals surface area (Å²) in [4.78, 5) is 24.2. The van der Waals surface area contributed by atoms with Gasteiger partial charge in [0, 0.05) is 17.1 Å². The predicted molar refractivity (Wildman–Crippen MR) is 101 cm³/mol. The fraction of sp³-hybridized carbons (Fsp3) is 0.211. The number of thioether (sulfide) groups is 1. The van der Waals surface area contributed by atoms with Crippen molar-refractivity contribution < 1.29 is 14.7 Å². The van der Waals surface area contributed by atoms with E-state index in [-0.39, 0.29) is 23.8 Å². The van der Waals surface area contributed by atoms with E-state index in [0.29, 0.717) is 17.1 Å². The lowest BCUT2D eigenvalue weighted by atomic mass is 9.94. The normalized spacial score (nSPS) is 11.3. The molecule has 0 bridgehead atoms. The van der Waals surface area contributed by atoms with Crippen LogP contribution in [0, 0.1) is 11.3 Å². The lowest BCUT2D eigenvalue weighted by Crippen LogP contribution is -2.32. The minimum Gasteiger partial charge on any atom is -0.508 e. The molecule has 1 atom stereocenters. The smallest absolute Gasteiger partial charge is 0.249 e. The van der Waals surface area contributed by atoms with Crippen LogP contribution in [0.4, 0.5) is 0 Å². The quantitative estimate of drug-likeness (QED) is 0.617. The molecule has 0 aliphatic carbocycles. The summed E-state index contributed by atoms with van der Waals surface area (Å²) in [5.41, 5.74) is 7.06. The van der Waals surface area contributed by atoms with Gasteiger partial charge in [0.1, 0.15) is 12.3 Å². The van der Waals surface area contributed by atoms with Crippen molar-refractivity contribution in [3.8, 4) is 11.8 Å². The Bertz CT molecular complexity index is 819. The highest BCUT2D eigenvalue weighted by Crippen LogP contribution is 2.29. The monoisotopic (exact) mass is 369 g/mol. The minimum atomic E-state index is -0.716. The average molecular weight is 369 g/mol. The summed E-state index contributed by atoms with van der Waals surface area (Å²) in [6.45, 7) is -0.136. The maximum Gasteiger partial charge on any atom is 0.249 e. The highest BCUT2D eigenvalue weighted by atomic mass is 32.2. The molecule has 0 aromatic heterocycles. The molecule has 26 heavy (non-hydrogen) atoms. The van der Waals surface area contributed by atoms with Gasteiger partial charge in [-0.1, -0.05) is 30.3 Å². The molecular formula is C19H19N3O3S. The highest BCUT2D eigenvalue weighted by Gasteiger charge is 2.25. The van der Waals surface area contributed by atoms with Crippen LogP contribution in [-0.2, 0) is 10.5 Å². The van der Waals surface area contributed by atoms with Gasteiger partial charge in [-0.15, -0.1) is 0 Å². The zero-order valence-electron chi connectivity index (χ0n) is 14.0. The molecule has 0 heterocycles. The minimum absolute atomic E-state index is 0.0591. The van der Waals surface area contributed by atoms with Gasteiger partial charge in [-0.3, -0.25) is 9.59 Å². The van der Waals surface area contributed by atoms with E-state index in [9.17, 15) is 14.7 Å². The number of hydrogen-bond donors (Lipinski definition) is 3. The van der Waals surface area contributed by atoms with Crippen molar-refractivity contribution in [1.29, 1.82) is 5.26 Å². The van der Waals surface area contributed by atoms with Crippen molar-refractivity contribution >= 4 is 23.6 Å². The van der Waals surface area contributed by atoms with E-state index in [1.54, 1.807) is 0 Å². The molecule has 0 saturated heterocycles. The number of primary amides is 1. The molecule has 6 nitrogen and oxygen atoms in total. The molecule has 2 rings (SSSR count). The number of carbonyl (C=O) groups excluding carboxylic acids is 2. The Hall–Kier alpha value is -2.98. The van der Waals surface area contributed by atoms with Crippen molar-refractivity contribution in [3.63, 3.8) is 0 Å². The van der Waals surface area contributed by atoms with Gasteiger partial charge in [-0.2, -0.15) is 17.0 Å². The molecule has 0 saturated carbocycles. The topological polar surface area (TPSA) is 116 Å². The van der Waals surface area contributed by atoms with Crippen LogP contribution in [0.2, 0.25) is 0 Å². The SMILES string of the molecule is N#CCNC(=O)C(CSCc1ccccc1)c1cc(O)ccc1C(N)=O. The van der Waals surface area contributed by atoms with Gasteiger partial charge < -0.3 is 16.2 Å². The second kappa shape index (κ2) is 9.49. The first kappa shape index (κ1) is 19.3. The van der Waals surface area contributed by atoms with Crippen LogP contribution in [0.15, 0.2) is 48.5 Å². The van der Waals surface area contributed by atoms with Gasteiger partial charge >= 0.3 is 0 Å². The predicted octanol–water partition coefficient (Wildman–Crippen LogP) is 2.15. The van der Waals surface area contributed by atoms with Gasteiger partial charge in [0.15, 0.2) is 0 Å². The van der Waals surface area contributed by atoms with Crippen molar-refractivity contribution in [2.24, 2.45) is 5.73 Å². The number of hydrogen-bond acceptors (Lipinski definition) is 5. The number of carbonyl (C=O) groups is 2. The number of benzene rings is 2. The van der Waals surface area contributed by atoms with E-state index in [1.807, 2.05) is 36.4 Å². The van der Waals surface area contributed by atoms with Crippen LogP contribution in [0.25, 0.3) is 0 Å². The number of amides is 2. The Labute approximate surface area is 156 Å². The molecule has 0 aliphatic rings. The summed E-state index contributed by atoms with van der Waals surface area (Å²) in [7, 11) is 0. The summed E-state index contributed by atoms with van der Waals surface area (Å²) in [5.74, 6) is -0.780. The standard InChI is InChI=1S/C19H19N3O3S/c20-8-9-22-19(25)17(12-26-11-13-4-2-1-3-5-13)16-10-14(23)6-7-15(16)18(21)24/h1-7,10,17,23H,9,11-12H2,(H2,21,24)(H,22,25). The number of rotatable bonds is 8. The Kier molecular flexibility index (Phi) is 7.06. The van der Waals surface area contributed by atoms with E-state index in [4.69, 9.17) is 11.0 Å². The molecule has 4 N–H and O–H groups in total. The number of aromatic hydroxyl groups is 1. The average Bonchev–Trinajstić information content (AvgIpc) is 2.63. The number of phenols is 1. The first-order chi connectivity index (χ1) is 12.5. The van der Waals surface area contributed by atoms with Crippen LogP contribution in [0.1, 0.15) is 27.4 Å². The first-order valence-corrected chi connectivity index (χ1v) is 9.07. The van der Waals surface area contributed by atoms with Gasteiger partial charge in [0.2, 0.25) is 11.8 Å². The summed E-state index contributed by atoms with van der Waals surface area (Å²) < 4.78 is 0. The first-order valence-electron chi connectivity index (χ1n) is 7.92. The maximum atomic E-state index is 12.5. The van der Waals surface area contributed by atoms with Gasteiger partial charge in [-0.05, 0) is 29.3 Å². The molecule has 134 valence electrons. The van der Waals surface area contributed by atoms with Gasteiger partial charge in [0.25, 0.3) is 0 Å². The summed E-state index contributed by atoms with van der Waals surface area (Å²) in [6.07, 6.45) is 0. The van der Waals surface area contributed by atoms with Crippen molar-refractivity contribution in [2.45, 2.75) is 11.7 Å². The largest absolute Gasteiger partial charge is 0.508 e. The molecule has 2 aromatic carbocycles. The van der Waals surface area contributed by atoms with Crippen molar-refractivity contribution in [3.05, 3.63) is 65.2 Å². The number of nitriles is 1. The lowest BCUT2D eigenvalue weighted by molar-refractivity contribution is -0.121. The molecule has 0 radical (unpaired) electrons. The molecule has 2 amide bonds. The van der Waals surface area contributed by atoms with E-state index in [1.165, 1.54) is 30.0 Å². The zero-order valence-corrected chi connectivity index (χ0v) is 14.8. The van der Waals surface area contributed by atoms with E-state index >= 15 is 0 Å². The Morgan fingerprint density at radius 3 is 2.62 bits per heavy atom. The van der Waals surface area contributed by atoms with Crippen LogP contribution in [0.3, 0.4) is 0 Å². The molecule has 1 unspecified atom stereocenters. The van der Waals surface area contributed by atoms with Crippen LogP contribution < -0.4 is 11.1 Å². The molecule has 0 spiro atoms. The second-order valence-corrected chi connectivity index (χ2v) is 6.60. The number of phenolic OH excluding ortho intramolecular Hbond substituents is 1. The van der Waals surface area contributed by atoms with E-state index in [2.05, 4.69) is 5.32 Å². The number of nitrogens with two attached hydrogens (primary N) is 1. The van der Waals surface area contributed by atoms with Crippen molar-refractivity contribution in [2.75, 3.05) is 12.3 Å². The van der Waals surface area contributed by atoms with E-state index < -0.39 is 11.8 Å². The number of nitrogens with one attached hydrogen (secondary N) is 1. The van der Waals surface area contributed by atoms with E-state index in [0.717, 1.165) is 5.56 Å². The van der Waals surface area contributed by atoms with Crippen LogP contribution in [-0.4, -0.2) is 29.2 Å². The molecule has 7 heteroatoms. The summed E-state index contributed by atoms with van der Waals surface area (Å²) >= 11 is 1.52. The lowest BCUT2D eigenvalue weighted by Gasteiger charge is -2.19. The third-order valence-electron chi connectivity index (χ3n) is 3.73. The molecule has 0 fully saturated rings. The fourth-order valence-corrected chi connectivity index (χ4v) is 3.60. The third-order valence-corrected chi connectivity index (χ3v) is 4.84. The highest BCUT2D eigenvalue weighted by molar-refractivity contribution is 7.98. The third kappa shape index (κ3) is 5.26. The Balaban J connectivity index is 2.24. The summed E-state index contributed by atoms with van der Waals surface area (Å²) in [6, 6.07) is 15.8. The second-order valence-electron chi connectivity index (χ2n) is 5.57. The van der Waals surface area contributed by atoms with Crippen LogP contribution in [0.5, 0.6) is 5.75 Å². The van der Waals surface area contributed by atoms with Gasteiger partial charge in [0.05, 0.1) is 12.0 Å². The Morgan fingerprint density at radius 1 is 1.23 bits per heavy atom. The number of nitrogens with zero attached hydrogens (tertiary/aromatic N) is 1. The van der Waals surface area contributed by atoms with Gasteiger partial charge in [-0.25, -0.2) is 0 Å². The fourth-order valence-electron chi connectivity index (χ4n) is 2.49. The zero-order chi connectivity index (χ0) is 18.9. The molecular weight excluding hydrogens is 350 g/mol. The molecule has 0 aliphatic heterocycles. The van der Waals surface area contributed by atoms with Crippen molar-refractivity contribution in [1.82, 2.24) is 5.32 Å². The molecule has 2 aromatic rings. The summed E-state index contributed by atoms with van der Waals surface area (Å²) in [5, 5.41) is 21.0. The maximum absolute atomic E-state index is 12.5. The van der Waals surface area contributed by atoms with Crippen LogP contribution >= 0.6 is 11.8 Å².